The van der Waals surface area contributed by atoms with Crippen LogP contribution < -0.4 is 5.32 Å². The van der Waals surface area contributed by atoms with Gasteiger partial charge >= 0.3 is 0 Å². The highest BCUT2D eigenvalue weighted by molar-refractivity contribution is 6.32. The standard InChI is InChI=1S/C14H11ClF2N2O2/c1-8-2-5-11(16)14(13(8)17)18-7-9-3-4-10(15)12(6-9)19(20)21/h2-6,18H,7H2,1H3. The van der Waals surface area contributed by atoms with Crippen LogP contribution in [0, 0.1) is 28.7 Å². The van der Waals surface area contributed by atoms with Crippen LogP contribution in [-0.4, -0.2) is 4.92 Å². The molecule has 0 aliphatic carbocycles. The van der Waals surface area contributed by atoms with Gasteiger partial charge in [-0.1, -0.05) is 23.7 Å². The van der Waals surface area contributed by atoms with Gasteiger partial charge in [0.15, 0.2) is 5.82 Å². The maximum absolute atomic E-state index is 13.8. The fourth-order valence-corrected chi connectivity index (χ4v) is 2.00. The number of anilines is 1. The minimum atomic E-state index is -0.721. The number of halogens is 3. The molecule has 0 saturated heterocycles. The maximum atomic E-state index is 13.8. The van der Waals surface area contributed by atoms with Crippen LogP contribution in [0.5, 0.6) is 0 Å². The summed E-state index contributed by atoms with van der Waals surface area (Å²) in [5.74, 6) is -1.40. The lowest BCUT2D eigenvalue weighted by atomic mass is 10.1. The van der Waals surface area contributed by atoms with Crippen LogP contribution in [0.15, 0.2) is 30.3 Å². The van der Waals surface area contributed by atoms with Gasteiger partial charge in [0.1, 0.15) is 16.5 Å². The second kappa shape index (κ2) is 6.05. The summed E-state index contributed by atoms with van der Waals surface area (Å²) in [4.78, 5) is 10.2. The fraction of sp³-hybridized carbons (Fsp3) is 0.143. The second-order valence-corrected chi connectivity index (χ2v) is 4.86. The third kappa shape index (κ3) is 3.28. The molecule has 110 valence electrons. The molecule has 2 rings (SSSR count). The Morgan fingerprint density at radius 3 is 2.67 bits per heavy atom. The molecular formula is C14H11ClF2N2O2. The van der Waals surface area contributed by atoms with E-state index in [0.29, 0.717) is 11.1 Å². The Labute approximate surface area is 124 Å². The number of benzene rings is 2. The molecule has 4 nitrogen and oxygen atoms in total. The first-order chi connectivity index (χ1) is 9.90. The summed E-state index contributed by atoms with van der Waals surface area (Å²) < 4.78 is 27.4. The van der Waals surface area contributed by atoms with Crippen molar-refractivity contribution in [1.29, 1.82) is 0 Å². The summed E-state index contributed by atoms with van der Waals surface area (Å²) in [6, 6.07) is 6.68. The summed E-state index contributed by atoms with van der Waals surface area (Å²) >= 11 is 5.70. The zero-order valence-corrected chi connectivity index (χ0v) is 11.7. The van der Waals surface area contributed by atoms with Gasteiger partial charge in [-0.2, -0.15) is 0 Å². The van der Waals surface area contributed by atoms with Gasteiger partial charge in [0.05, 0.1) is 4.92 Å². The predicted molar refractivity (Wildman–Crippen MR) is 76.5 cm³/mol. The van der Waals surface area contributed by atoms with E-state index < -0.39 is 16.6 Å². The third-order valence-corrected chi connectivity index (χ3v) is 3.28. The van der Waals surface area contributed by atoms with Crippen molar-refractivity contribution >= 4 is 23.0 Å². The smallest absolute Gasteiger partial charge is 0.288 e. The minimum absolute atomic E-state index is 0.0108. The summed E-state index contributed by atoms with van der Waals surface area (Å²) in [6.07, 6.45) is 0. The first kappa shape index (κ1) is 15.2. The first-order valence-electron chi connectivity index (χ1n) is 6.01. The largest absolute Gasteiger partial charge is 0.376 e. The van der Waals surface area contributed by atoms with Crippen LogP contribution >= 0.6 is 11.6 Å². The van der Waals surface area contributed by atoms with Crippen LogP contribution in [0.2, 0.25) is 5.02 Å². The Kier molecular flexibility index (Phi) is 4.37. The molecule has 0 spiro atoms. The van der Waals surface area contributed by atoms with E-state index in [4.69, 9.17) is 11.6 Å². The van der Waals surface area contributed by atoms with Gasteiger partial charge in [-0.3, -0.25) is 10.1 Å². The van der Waals surface area contributed by atoms with Crippen molar-refractivity contribution in [3.8, 4) is 0 Å². The number of nitrogens with zero attached hydrogens (tertiary/aromatic N) is 1. The molecule has 0 aromatic heterocycles. The molecule has 0 heterocycles. The van der Waals surface area contributed by atoms with Gasteiger partial charge in [0, 0.05) is 12.6 Å². The maximum Gasteiger partial charge on any atom is 0.288 e. The van der Waals surface area contributed by atoms with Crippen molar-refractivity contribution in [2.45, 2.75) is 13.5 Å². The SMILES string of the molecule is Cc1ccc(F)c(NCc2ccc(Cl)c([N+](=O)[O-])c2)c1F. The monoisotopic (exact) mass is 312 g/mol. The van der Waals surface area contributed by atoms with Crippen LogP contribution in [0.25, 0.3) is 0 Å². The molecular weight excluding hydrogens is 302 g/mol. The van der Waals surface area contributed by atoms with Crippen molar-refractivity contribution < 1.29 is 13.7 Å². The molecule has 0 aliphatic rings. The van der Waals surface area contributed by atoms with E-state index >= 15 is 0 Å². The lowest BCUT2D eigenvalue weighted by Gasteiger charge is -2.10. The van der Waals surface area contributed by atoms with E-state index in [-0.39, 0.29) is 22.9 Å². The van der Waals surface area contributed by atoms with Gasteiger partial charge in [0.2, 0.25) is 0 Å². The highest BCUT2D eigenvalue weighted by Gasteiger charge is 2.14. The number of hydrogen-bond donors (Lipinski definition) is 1. The molecule has 0 radical (unpaired) electrons. The molecule has 1 N–H and O–H groups in total. The third-order valence-electron chi connectivity index (χ3n) is 2.96. The summed E-state index contributed by atoms with van der Waals surface area (Å²) in [5, 5.41) is 13.4. The predicted octanol–water partition coefficient (Wildman–Crippen LogP) is 4.45. The summed E-state index contributed by atoms with van der Waals surface area (Å²) in [5.41, 5.74) is 0.293. The molecule has 2 aromatic carbocycles. The number of nitro benzene ring substituents is 1. The van der Waals surface area contributed by atoms with Crippen LogP contribution in [-0.2, 0) is 6.54 Å². The van der Waals surface area contributed by atoms with Gasteiger partial charge in [-0.05, 0) is 30.2 Å². The van der Waals surface area contributed by atoms with Crippen molar-refractivity contribution in [3.63, 3.8) is 0 Å². The van der Waals surface area contributed by atoms with E-state index in [2.05, 4.69) is 5.32 Å². The molecule has 0 unspecified atom stereocenters. The van der Waals surface area contributed by atoms with Gasteiger partial charge in [0.25, 0.3) is 5.69 Å². The van der Waals surface area contributed by atoms with Crippen LogP contribution in [0.4, 0.5) is 20.2 Å². The Morgan fingerprint density at radius 2 is 2.00 bits per heavy atom. The zero-order valence-electron chi connectivity index (χ0n) is 11.0. The normalized spacial score (nSPS) is 10.5. The Bertz CT molecular complexity index is 708. The Morgan fingerprint density at radius 1 is 1.29 bits per heavy atom. The van der Waals surface area contributed by atoms with Gasteiger partial charge in [-0.25, -0.2) is 8.78 Å². The Balaban J connectivity index is 2.23. The minimum Gasteiger partial charge on any atom is -0.376 e. The van der Waals surface area contributed by atoms with Crippen molar-refractivity contribution in [3.05, 3.63) is 68.2 Å². The van der Waals surface area contributed by atoms with E-state index in [1.165, 1.54) is 25.1 Å². The van der Waals surface area contributed by atoms with Crippen LogP contribution in [0.3, 0.4) is 0 Å². The van der Waals surface area contributed by atoms with E-state index in [0.717, 1.165) is 6.07 Å². The molecule has 0 bridgehead atoms. The number of nitrogens with one attached hydrogen (secondary N) is 1. The quantitative estimate of drug-likeness (QED) is 0.670. The number of nitro groups is 1. The lowest BCUT2D eigenvalue weighted by molar-refractivity contribution is -0.384. The van der Waals surface area contributed by atoms with Crippen molar-refractivity contribution in [2.24, 2.45) is 0 Å². The highest BCUT2D eigenvalue weighted by Crippen LogP contribution is 2.26. The average Bonchev–Trinajstić information content (AvgIpc) is 2.44. The molecule has 0 saturated carbocycles. The molecule has 0 aliphatic heterocycles. The van der Waals surface area contributed by atoms with Crippen molar-refractivity contribution in [2.75, 3.05) is 5.32 Å². The Hall–Kier alpha value is -2.21. The van der Waals surface area contributed by atoms with E-state index in [1.54, 1.807) is 6.07 Å². The molecule has 21 heavy (non-hydrogen) atoms. The fourth-order valence-electron chi connectivity index (χ4n) is 1.82. The average molecular weight is 313 g/mol. The van der Waals surface area contributed by atoms with E-state index in [9.17, 15) is 18.9 Å². The van der Waals surface area contributed by atoms with Gasteiger partial charge < -0.3 is 5.32 Å². The summed E-state index contributed by atoms with van der Waals surface area (Å²) in [7, 11) is 0. The number of rotatable bonds is 4. The van der Waals surface area contributed by atoms with Gasteiger partial charge in [-0.15, -0.1) is 0 Å². The lowest BCUT2D eigenvalue weighted by Crippen LogP contribution is -2.05. The number of hydrogen-bond acceptors (Lipinski definition) is 3. The first-order valence-corrected chi connectivity index (χ1v) is 6.39. The molecule has 0 amide bonds. The number of aryl methyl sites for hydroxylation is 1. The second-order valence-electron chi connectivity index (χ2n) is 4.45. The highest BCUT2D eigenvalue weighted by atomic mass is 35.5. The van der Waals surface area contributed by atoms with E-state index in [1.807, 2.05) is 0 Å². The topological polar surface area (TPSA) is 55.2 Å². The molecule has 0 atom stereocenters. The van der Waals surface area contributed by atoms with Crippen molar-refractivity contribution in [1.82, 2.24) is 0 Å². The molecule has 2 aromatic rings. The molecule has 0 fully saturated rings. The summed E-state index contributed by atoms with van der Waals surface area (Å²) in [6.45, 7) is 1.56. The van der Waals surface area contributed by atoms with Crippen LogP contribution in [0.1, 0.15) is 11.1 Å². The molecule has 7 heteroatoms. The zero-order chi connectivity index (χ0) is 15.6.